The Hall–Kier alpha value is -1.84. The molecule has 0 saturated carbocycles. The zero-order valence-corrected chi connectivity index (χ0v) is 10.6. The molecule has 0 bridgehead atoms. The van der Waals surface area contributed by atoms with Gasteiger partial charge in [0.2, 0.25) is 5.91 Å². The minimum absolute atomic E-state index is 0.0927. The van der Waals surface area contributed by atoms with Crippen LogP contribution in [0.5, 0.6) is 5.75 Å². The van der Waals surface area contributed by atoms with Crippen molar-refractivity contribution in [3.8, 4) is 5.75 Å². The molecule has 0 fully saturated rings. The van der Waals surface area contributed by atoms with E-state index in [4.69, 9.17) is 4.74 Å². The second-order valence-corrected chi connectivity index (χ2v) is 3.99. The minimum atomic E-state index is -0.287. The lowest BCUT2D eigenvalue weighted by molar-refractivity contribution is -0.124. The van der Waals surface area contributed by atoms with Gasteiger partial charge < -0.3 is 10.1 Å². The maximum absolute atomic E-state index is 11.5. The molecule has 92 valence electrons. The summed E-state index contributed by atoms with van der Waals surface area (Å²) in [5, 5.41) is 2.72. The molecule has 0 saturated heterocycles. The van der Waals surface area contributed by atoms with Gasteiger partial charge in [-0.1, -0.05) is 0 Å². The van der Waals surface area contributed by atoms with E-state index in [0.717, 1.165) is 22.6 Å². The maximum atomic E-state index is 11.5. The van der Waals surface area contributed by atoms with Crippen LogP contribution in [0, 0.1) is 13.8 Å². The van der Waals surface area contributed by atoms with E-state index in [-0.39, 0.29) is 18.1 Å². The van der Waals surface area contributed by atoms with Crippen LogP contribution < -0.4 is 10.1 Å². The largest absolute Gasteiger partial charge is 0.496 e. The summed E-state index contributed by atoms with van der Waals surface area (Å²) in [5.74, 6) is 0.350. The normalized spacial score (nSPS) is 9.88. The minimum Gasteiger partial charge on any atom is -0.496 e. The van der Waals surface area contributed by atoms with E-state index in [1.54, 1.807) is 19.2 Å². The van der Waals surface area contributed by atoms with Crippen LogP contribution in [0.2, 0.25) is 0 Å². The monoisotopic (exact) mass is 235 g/mol. The Balaban J connectivity index is 2.89. The quantitative estimate of drug-likeness (QED) is 0.814. The van der Waals surface area contributed by atoms with E-state index in [1.165, 1.54) is 6.92 Å². The highest BCUT2D eigenvalue weighted by molar-refractivity contribution is 6.03. The molecule has 1 rings (SSSR count). The number of carbonyl (C=O) groups is 2. The predicted octanol–water partition coefficient (Wildman–Crippen LogP) is 2.23. The number of methoxy groups -OCH3 is 1. The number of Topliss-reactive ketones (excluding diaryl/α,β-unsaturated/α-hetero) is 1. The predicted molar refractivity (Wildman–Crippen MR) is 66.4 cm³/mol. The van der Waals surface area contributed by atoms with E-state index in [9.17, 15) is 9.59 Å². The standard InChI is InChI=1S/C13H17NO3/c1-8(15)7-13(16)14-11-5-6-12(17-4)10(3)9(11)2/h5-6H,7H2,1-4H3,(H,14,16). The van der Waals surface area contributed by atoms with Gasteiger partial charge in [-0.3, -0.25) is 9.59 Å². The second kappa shape index (κ2) is 5.48. The number of hydrogen-bond donors (Lipinski definition) is 1. The molecule has 0 heterocycles. The van der Waals surface area contributed by atoms with Gasteiger partial charge in [0.05, 0.1) is 13.5 Å². The molecule has 1 aromatic rings. The van der Waals surface area contributed by atoms with Crippen molar-refractivity contribution in [2.45, 2.75) is 27.2 Å². The Morgan fingerprint density at radius 2 is 1.88 bits per heavy atom. The molecule has 0 radical (unpaired) electrons. The topological polar surface area (TPSA) is 55.4 Å². The van der Waals surface area contributed by atoms with Gasteiger partial charge >= 0.3 is 0 Å². The third kappa shape index (κ3) is 3.31. The van der Waals surface area contributed by atoms with Crippen molar-refractivity contribution < 1.29 is 14.3 Å². The van der Waals surface area contributed by atoms with Gasteiger partial charge in [0, 0.05) is 5.69 Å². The van der Waals surface area contributed by atoms with Gasteiger partial charge in [0.25, 0.3) is 0 Å². The smallest absolute Gasteiger partial charge is 0.231 e. The molecule has 1 N–H and O–H groups in total. The average molecular weight is 235 g/mol. The number of carbonyl (C=O) groups excluding carboxylic acids is 2. The Labute approximate surface area is 101 Å². The third-order valence-electron chi connectivity index (χ3n) is 2.64. The van der Waals surface area contributed by atoms with Crippen molar-refractivity contribution in [1.82, 2.24) is 0 Å². The van der Waals surface area contributed by atoms with Crippen LogP contribution in [0.15, 0.2) is 12.1 Å². The molecule has 0 aliphatic rings. The van der Waals surface area contributed by atoms with Crippen molar-refractivity contribution in [1.29, 1.82) is 0 Å². The van der Waals surface area contributed by atoms with E-state index in [0.29, 0.717) is 0 Å². The number of ketones is 1. The van der Waals surface area contributed by atoms with Gasteiger partial charge in [-0.15, -0.1) is 0 Å². The van der Waals surface area contributed by atoms with E-state index in [1.807, 2.05) is 13.8 Å². The lowest BCUT2D eigenvalue weighted by Gasteiger charge is -2.13. The molecule has 1 aromatic carbocycles. The molecule has 0 atom stereocenters. The first-order valence-electron chi connectivity index (χ1n) is 5.39. The highest BCUT2D eigenvalue weighted by Gasteiger charge is 2.10. The fourth-order valence-corrected chi connectivity index (χ4v) is 1.57. The van der Waals surface area contributed by atoms with Crippen LogP contribution in [-0.4, -0.2) is 18.8 Å². The zero-order chi connectivity index (χ0) is 13.0. The summed E-state index contributed by atoms with van der Waals surface area (Å²) in [6, 6.07) is 3.57. The van der Waals surface area contributed by atoms with Crippen molar-refractivity contribution in [2.24, 2.45) is 0 Å². The van der Waals surface area contributed by atoms with E-state index in [2.05, 4.69) is 5.32 Å². The molecule has 17 heavy (non-hydrogen) atoms. The van der Waals surface area contributed by atoms with Crippen LogP contribution in [0.4, 0.5) is 5.69 Å². The highest BCUT2D eigenvalue weighted by Crippen LogP contribution is 2.27. The number of benzene rings is 1. The lowest BCUT2D eigenvalue weighted by atomic mass is 10.1. The summed E-state index contributed by atoms with van der Waals surface area (Å²) in [6.07, 6.45) is -0.0927. The van der Waals surface area contributed by atoms with Gasteiger partial charge in [0.15, 0.2) is 0 Å². The first kappa shape index (κ1) is 13.2. The number of amides is 1. The number of nitrogens with one attached hydrogen (secondary N) is 1. The summed E-state index contributed by atoms with van der Waals surface area (Å²) in [6.45, 7) is 5.22. The van der Waals surface area contributed by atoms with Gasteiger partial charge in [-0.25, -0.2) is 0 Å². The zero-order valence-electron chi connectivity index (χ0n) is 10.6. The highest BCUT2D eigenvalue weighted by atomic mass is 16.5. The molecule has 0 spiro atoms. The van der Waals surface area contributed by atoms with Crippen molar-refractivity contribution in [3.05, 3.63) is 23.3 Å². The molecular weight excluding hydrogens is 218 g/mol. The van der Waals surface area contributed by atoms with Crippen LogP contribution in [0.1, 0.15) is 24.5 Å². The summed E-state index contributed by atoms with van der Waals surface area (Å²) < 4.78 is 5.18. The first-order chi connectivity index (χ1) is 7.95. The molecular formula is C13H17NO3. The van der Waals surface area contributed by atoms with Crippen LogP contribution in [0.3, 0.4) is 0 Å². The van der Waals surface area contributed by atoms with Gasteiger partial charge in [0.1, 0.15) is 11.5 Å². The fourth-order valence-electron chi connectivity index (χ4n) is 1.57. The summed E-state index contributed by atoms with van der Waals surface area (Å²) >= 11 is 0. The molecule has 0 unspecified atom stereocenters. The lowest BCUT2D eigenvalue weighted by Crippen LogP contribution is -2.15. The van der Waals surface area contributed by atoms with Crippen LogP contribution in [0.25, 0.3) is 0 Å². The Bertz CT molecular complexity index is 452. The first-order valence-corrected chi connectivity index (χ1v) is 5.39. The van der Waals surface area contributed by atoms with Crippen molar-refractivity contribution in [3.63, 3.8) is 0 Å². The Morgan fingerprint density at radius 3 is 2.41 bits per heavy atom. The number of anilines is 1. The molecule has 4 nitrogen and oxygen atoms in total. The molecule has 0 aliphatic heterocycles. The molecule has 4 heteroatoms. The Kier molecular flexibility index (Phi) is 4.26. The maximum Gasteiger partial charge on any atom is 0.231 e. The number of hydrogen-bond acceptors (Lipinski definition) is 3. The van der Waals surface area contributed by atoms with E-state index >= 15 is 0 Å². The van der Waals surface area contributed by atoms with Gasteiger partial charge in [-0.2, -0.15) is 0 Å². The van der Waals surface area contributed by atoms with Crippen LogP contribution in [-0.2, 0) is 9.59 Å². The summed E-state index contributed by atoms with van der Waals surface area (Å²) in [7, 11) is 1.61. The van der Waals surface area contributed by atoms with E-state index < -0.39 is 0 Å². The SMILES string of the molecule is COc1ccc(NC(=O)CC(C)=O)c(C)c1C. The molecule has 1 amide bonds. The van der Waals surface area contributed by atoms with Crippen LogP contribution >= 0.6 is 0 Å². The summed E-state index contributed by atoms with van der Waals surface area (Å²) in [4.78, 5) is 22.3. The average Bonchev–Trinajstić information content (AvgIpc) is 2.24. The summed E-state index contributed by atoms with van der Waals surface area (Å²) in [5.41, 5.74) is 2.64. The van der Waals surface area contributed by atoms with Crippen molar-refractivity contribution >= 4 is 17.4 Å². The Morgan fingerprint density at radius 1 is 1.24 bits per heavy atom. The number of ether oxygens (including phenoxy) is 1. The third-order valence-corrected chi connectivity index (χ3v) is 2.64. The fraction of sp³-hybridized carbons (Fsp3) is 0.385. The molecule has 0 aromatic heterocycles. The van der Waals surface area contributed by atoms with Gasteiger partial charge in [-0.05, 0) is 44.0 Å². The second-order valence-electron chi connectivity index (χ2n) is 3.99. The number of rotatable bonds is 4. The molecule has 0 aliphatic carbocycles. The van der Waals surface area contributed by atoms with Crippen molar-refractivity contribution in [2.75, 3.05) is 12.4 Å².